The Balaban J connectivity index is 1.78. The molecule has 3 aromatic rings. The Morgan fingerprint density at radius 2 is 1.69 bits per heavy atom. The number of fused-ring (bicyclic) bond motifs is 2. The third kappa shape index (κ3) is 4.02. The number of H-pyrrole nitrogens is 1. The second-order valence-corrected chi connectivity index (χ2v) is 10.0. The summed E-state index contributed by atoms with van der Waals surface area (Å²) in [7, 11) is 3.10. The number of allylic oxidation sites excluding steroid dienone is 2. The zero-order valence-corrected chi connectivity index (χ0v) is 20.8. The van der Waals surface area contributed by atoms with E-state index in [1.54, 1.807) is 26.4 Å². The molecule has 1 aliphatic heterocycles. The molecule has 1 aliphatic carbocycles. The molecule has 8 heteroatoms. The van der Waals surface area contributed by atoms with E-state index in [4.69, 9.17) is 9.47 Å². The highest BCUT2D eigenvalue weighted by Crippen LogP contribution is 2.49. The number of nitrogens with one attached hydrogen (secondary N) is 2. The minimum absolute atomic E-state index is 0.0376. The van der Waals surface area contributed by atoms with E-state index in [0.717, 1.165) is 11.1 Å². The van der Waals surface area contributed by atoms with E-state index in [0.29, 0.717) is 35.0 Å². The average molecular weight is 488 g/mol. The Hall–Kier alpha value is -4.07. The molecule has 1 aromatic heterocycles. The minimum atomic E-state index is -0.609. The van der Waals surface area contributed by atoms with Crippen LogP contribution in [-0.4, -0.2) is 29.6 Å². The number of nitrogens with zero attached hydrogens (tertiary/aromatic N) is 1. The molecular formula is C28H29N3O5. The maximum absolute atomic E-state index is 13.6. The number of ether oxygens (including phenoxy) is 2. The number of aromatic nitrogens is 2. The summed E-state index contributed by atoms with van der Waals surface area (Å²) in [5, 5.41) is 3.33. The van der Waals surface area contributed by atoms with Crippen molar-refractivity contribution in [3.8, 4) is 11.5 Å². The highest BCUT2D eigenvalue weighted by Gasteiger charge is 2.46. The molecule has 36 heavy (non-hydrogen) atoms. The van der Waals surface area contributed by atoms with Crippen LogP contribution in [-0.2, 0) is 11.3 Å². The largest absolute Gasteiger partial charge is 0.493 e. The molecule has 8 nitrogen and oxygen atoms in total. The second-order valence-electron chi connectivity index (χ2n) is 10.0. The lowest BCUT2D eigenvalue weighted by atomic mass is 9.67. The number of ketones is 1. The smallest absolute Gasteiger partial charge is 0.330 e. The zero-order valence-electron chi connectivity index (χ0n) is 20.8. The van der Waals surface area contributed by atoms with E-state index in [1.807, 2.05) is 56.3 Å². The lowest BCUT2D eigenvalue weighted by Crippen LogP contribution is -2.45. The number of carbonyl (C=O) groups excluding carboxylic acids is 1. The Morgan fingerprint density at radius 1 is 0.972 bits per heavy atom. The highest BCUT2D eigenvalue weighted by molar-refractivity contribution is 5.90. The monoisotopic (exact) mass is 487 g/mol. The first kappa shape index (κ1) is 23.7. The van der Waals surface area contributed by atoms with Gasteiger partial charge < -0.3 is 14.8 Å². The van der Waals surface area contributed by atoms with Crippen LogP contribution in [0, 0.1) is 11.3 Å². The van der Waals surface area contributed by atoms with Gasteiger partial charge in [0.2, 0.25) is 0 Å². The maximum Gasteiger partial charge on any atom is 0.330 e. The van der Waals surface area contributed by atoms with E-state index in [-0.39, 0.29) is 17.7 Å². The number of hydrogen-bond acceptors (Lipinski definition) is 6. The number of benzene rings is 2. The van der Waals surface area contributed by atoms with Crippen LogP contribution in [0.25, 0.3) is 0 Å². The fourth-order valence-electron chi connectivity index (χ4n) is 5.41. The molecule has 2 aromatic carbocycles. The summed E-state index contributed by atoms with van der Waals surface area (Å²) in [5.74, 6) is 0.286. The lowest BCUT2D eigenvalue weighted by molar-refractivity contribution is -0.124. The van der Waals surface area contributed by atoms with Gasteiger partial charge in [0.15, 0.2) is 11.5 Å². The summed E-state index contributed by atoms with van der Waals surface area (Å²) in [6.07, 6.45) is 2.40. The third-order valence-corrected chi connectivity index (χ3v) is 6.95. The molecule has 2 aliphatic rings. The van der Waals surface area contributed by atoms with Gasteiger partial charge in [0.25, 0.3) is 5.56 Å². The fraction of sp³-hybridized carbons (Fsp3) is 0.321. The van der Waals surface area contributed by atoms with Crippen molar-refractivity contribution in [3.05, 3.63) is 97.8 Å². The van der Waals surface area contributed by atoms with Gasteiger partial charge in [-0.3, -0.25) is 19.1 Å². The van der Waals surface area contributed by atoms with E-state index < -0.39 is 23.1 Å². The molecule has 2 heterocycles. The Kier molecular flexibility index (Phi) is 5.82. The molecule has 2 unspecified atom stereocenters. The fourth-order valence-corrected chi connectivity index (χ4v) is 5.41. The van der Waals surface area contributed by atoms with Crippen molar-refractivity contribution in [2.45, 2.75) is 32.7 Å². The van der Waals surface area contributed by atoms with Crippen LogP contribution in [0.1, 0.15) is 42.9 Å². The number of Topliss-reactive ketones (excluding diaryl/α,β-unsaturated/α-hetero) is 1. The number of hydrogen-bond donors (Lipinski definition) is 2. The molecule has 2 atom stereocenters. The normalized spacial score (nSPS) is 20.0. The SMILES string of the molecule is COc1ccc(C2c3c(n(Cc4ccccc4)c(=O)[nH]c3=O)NC3=CC(C)(C)CC(=O)C32)cc1OC. The van der Waals surface area contributed by atoms with Crippen molar-refractivity contribution < 1.29 is 14.3 Å². The predicted molar refractivity (Wildman–Crippen MR) is 137 cm³/mol. The average Bonchev–Trinajstić information content (AvgIpc) is 2.84. The molecule has 0 spiro atoms. The first-order valence-electron chi connectivity index (χ1n) is 11.9. The van der Waals surface area contributed by atoms with Crippen molar-refractivity contribution in [2.24, 2.45) is 11.3 Å². The molecule has 0 radical (unpaired) electrons. The van der Waals surface area contributed by atoms with Crippen molar-refractivity contribution in [3.63, 3.8) is 0 Å². The summed E-state index contributed by atoms with van der Waals surface area (Å²) >= 11 is 0. The van der Waals surface area contributed by atoms with Crippen LogP contribution in [0.5, 0.6) is 11.5 Å². The number of rotatable bonds is 5. The van der Waals surface area contributed by atoms with Crippen molar-refractivity contribution >= 4 is 11.6 Å². The van der Waals surface area contributed by atoms with Gasteiger partial charge >= 0.3 is 5.69 Å². The van der Waals surface area contributed by atoms with Crippen molar-refractivity contribution in [1.29, 1.82) is 0 Å². The molecule has 0 saturated heterocycles. The van der Waals surface area contributed by atoms with E-state index >= 15 is 0 Å². The summed E-state index contributed by atoms with van der Waals surface area (Å²) in [5.41, 5.74) is 1.32. The maximum atomic E-state index is 13.6. The first-order valence-corrected chi connectivity index (χ1v) is 11.9. The van der Waals surface area contributed by atoms with Gasteiger partial charge in [-0.05, 0) is 28.7 Å². The van der Waals surface area contributed by atoms with Gasteiger partial charge in [0, 0.05) is 18.0 Å². The van der Waals surface area contributed by atoms with Crippen molar-refractivity contribution in [2.75, 3.05) is 19.5 Å². The van der Waals surface area contributed by atoms with Crippen LogP contribution >= 0.6 is 0 Å². The molecule has 0 saturated carbocycles. The van der Waals surface area contributed by atoms with E-state index in [1.165, 1.54) is 4.57 Å². The molecule has 2 N–H and O–H groups in total. The van der Waals surface area contributed by atoms with E-state index in [2.05, 4.69) is 10.3 Å². The first-order chi connectivity index (χ1) is 17.2. The van der Waals surface area contributed by atoms with Crippen LogP contribution in [0.15, 0.2) is 69.9 Å². The molecular weight excluding hydrogens is 458 g/mol. The third-order valence-electron chi connectivity index (χ3n) is 6.95. The quantitative estimate of drug-likeness (QED) is 0.570. The van der Waals surface area contributed by atoms with Gasteiger partial charge in [0.05, 0.1) is 32.2 Å². The zero-order chi connectivity index (χ0) is 25.6. The molecule has 5 rings (SSSR count). The summed E-state index contributed by atoms with van der Waals surface area (Å²) in [6.45, 7) is 4.27. The predicted octanol–water partition coefficient (Wildman–Crippen LogP) is 3.66. The van der Waals surface area contributed by atoms with Crippen LogP contribution in [0.4, 0.5) is 5.82 Å². The molecule has 0 amide bonds. The minimum Gasteiger partial charge on any atom is -0.493 e. The standard InChI is InChI=1S/C28H29N3O5/c1-28(2)13-18-23(19(32)14-28)22(17-10-11-20(35-3)21(12-17)36-4)24-25(29-18)31(27(34)30-26(24)33)15-16-8-6-5-7-9-16/h5-13,22-23,29H,14-15H2,1-4H3,(H,30,33,34). The number of carbonyl (C=O) groups is 1. The summed E-state index contributed by atoms with van der Waals surface area (Å²) < 4.78 is 12.5. The number of methoxy groups -OCH3 is 2. The number of aromatic amines is 1. The Morgan fingerprint density at radius 3 is 2.39 bits per heavy atom. The highest BCUT2D eigenvalue weighted by atomic mass is 16.5. The van der Waals surface area contributed by atoms with Crippen LogP contribution < -0.4 is 26.0 Å². The molecule has 186 valence electrons. The van der Waals surface area contributed by atoms with Gasteiger partial charge in [-0.1, -0.05) is 56.3 Å². The second kappa shape index (κ2) is 8.86. The Labute approximate surface area is 208 Å². The topological polar surface area (TPSA) is 102 Å². The van der Waals surface area contributed by atoms with Crippen LogP contribution in [0.2, 0.25) is 0 Å². The number of anilines is 1. The van der Waals surface area contributed by atoms with E-state index in [9.17, 15) is 14.4 Å². The Bertz CT molecular complexity index is 1480. The van der Waals surface area contributed by atoms with Crippen molar-refractivity contribution in [1.82, 2.24) is 9.55 Å². The van der Waals surface area contributed by atoms with Gasteiger partial charge in [-0.15, -0.1) is 0 Å². The van der Waals surface area contributed by atoms with Gasteiger partial charge in [-0.25, -0.2) is 4.79 Å². The van der Waals surface area contributed by atoms with Gasteiger partial charge in [-0.2, -0.15) is 0 Å². The summed E-state index contributed by atoms with van der Waals surface area (Å²) in [6, 6.07) is 15.0. The summed E-state index contributed by atoms with van der Waals surface area (Å²) in [4.78, 5) is 42.4. The molecule has 0 bridgehead atoms. The van der Waals surface area contributed by atoms with Crippen LogP contribution in [0.3, 0.4) is 0 Å². The van der Waals surface area contributed by atoms with Gasteiger partial charge in [0.1, 0.15) is 11.6 Å². The lowest BCUT2D eigenvalue weighted by Gasteiger charge is -2.41. The molecule has 0 fully saturated rings.